The zero-order valence-electron chi connectivity index (χ0n) is 68.6. The van der Waals surface area contributed by atoms with Gasteiger partial charge in [0.1, 0.15) is 19.3 Å². The second kappa shape index (κ2) is 81.4. The minimum Gasteiger partial charge on any atom is -0.462 e. The Kier molecular flexibility index (Phi) is 77.3. The topological polar surface area (TPSA) is 237 Å². The quantitative estimate of drug-likeness (QED) is 0.0169. The molecule has 2 unspecified atom stereocenters. The van der Waals surface area contributed by atoms with Crippen LogP contribution in [0.2, 0.25) is 0 Å². The first-order valence-electron chi connectivity index (χ1n) is 42.4. The normalized spacial score (nSPS) is 14.6. The lowest BCUT2D eigenvalue weighted by Gasteiger charge is -2.21. The summed E-state index contributed by atoms with van der Waals surface area (Å²) in [6.45, 7) is 4.54. The number of aliphatic hydroxyl groups is 1. The molecular formula is C91H150O17P2. The Hall–Kier alpha value is -5.58. The van der Waals surface area contributed by atoms with Gasteiger partial charge in [0.05, 0.1) is 26.4 Å². The summed E-state index contributed by atoms with van der Waals surface area (Å²) in [5, 5.41) is 10.7. The summed E-state index contributed by atoms with van der Waals surface area (Å²) in [4.78, 5) is 73.2. The molecule has 0 aliphatic heterocycles. The molecule has 0 aliphatic carbocycles. The van der Waals surface area contributed by atoms with Crippen molar-refractivity contribution in [3.05, 3.63) is 170 Å². The highest BCUT2D eigenvalue weighted by Gasteiger charge is 2.30. The van der Waals surface area contributed by atoms with Gasteiger partial charge in [-0.05, 0) is 148 Å². The molecule has 0 radical (unpaired) electrons. The lowest BCUT2D eigenvalue weighted by Crippen LogP contribution is -2.30. The molecule has 0 saturated carbocycles. The molecular weight excluding hydrogens is 1430 g/mol. The van der Waals surface area contributed by atoms with E-state index in [9.17, 15) is 43.2 Å². The van der Waals surface area contributed by atoms with Gasteiger partial charge in [0.2, 0.25) is 0 Å². The van der Waals surface area contributed by atoms with Gasteiger partial charge >= 0.3 is 39.5 Å². The second-order valence-corrected chi connectivity index (χ2v) is 30.6. The number of carbonyl (C=O) groups excluding carboxylic acids is 4. The Labute approximate surface area is 667 Å². The van der Waals surface area contributed by atoms with E-state index >= 15 is 0 Å². The smallest absolute Gasteiger partial charge is 0.462 e. The summed E-state index contributed by atoms with van der Waals surface area (Å²) < 4.78 is 68.6. The average molecular weight is 1580 g/mol. The number of unbranched alkanes of at least 4 members (excludes halogenated alkanes) is 24. The summed E-state index contributed by atoms with van der Waals surface area (Å²) in [6.07, 6.45) is 97.7. The molecule has 17 nitrogen and oxygen atoms in total. The summed E-state index contributed by atoms with van der Waals surface area (Å²) in [5.41, 5.74) is 0. The minimum absolute atomic E-state index is 0.0136. The van der Waals surface area contributed by atoms with Gasteiger partial charge in [0.25, 0.3) is 0 Å². The Morgan fingerprint density at radius 1 is 0.264 bits per heavy atom. The largest absolute Gasteiger partial charge is 0.472 e. The lowest BCUT2D eigenvalue weighted by molar-refractivity contribution is -0.161. The van der Waals surface area contributed by atoms with Crippen LogP contribution in [-0.2, 0) is 65.4 Å². The maximum atomic E-state index is 13.1. The van der Waals surface area contributed by atoms with Crippen molar-refractivity contribution in [3.8, 4) is 0 Å². The van der Waals surface area contributed by atoms with Crippen molar-refractivity contribution < 1.29 is 80.2 Å². The number of carbonyl (C=O) groups is 4. The van der Waals surface area contributed by atoms with E-state index in [1.165, 1.54) is 103 Å². The number of phosphoric ester groups is 2. The molecule has 3 N–H and O–H groups in total. The number of phosphoric acid groups is 2. The molecule has 0 aromatic rings. The van der Waals surface area contributed by atoms with Gasteiger partial charge in [-0.2, -0.15) is 0 Å². The predicted octanol–water partition coefficient (Wildman–Crippen LogP) is 25.3. The highest BCUT2D eigenvalue weighted by Crippen LogP contribution is 2.45. The van der Waals surface area contributed by atoms with Crippen LogP contribution in [0.25, 0.3) is 0 Å². The molecule has 0 bridgehead atoms. The van der Waals surface area contributed by atoms with Crippen LogP contribution in [0.15, 0.2) is 170 Å². The third-order valence-corrected chi connectivity index (χ3v) is 19.1. The molecule has 110 heavy (non-hydrogen) atoms. The van der Waals surface area contributed by atoms with Crippen molar-refractivity contribution >= 4 is 39.5 Å². The molecule has 626 valence electrons. The standard InChI is InChI=1S/C91H150O17P2/c1-5-9-13-17-21-25-29-33-37-40-42-45-48-52-56-60-64-68-72-76-89(94)102-82-87(108-91(96)78-74-70-66-62-58-54-50-46-43-41-38-34-30-26-22-18-14-10-6-2)84-106-110(99,100)104-80-85(92)79-103-109(97,98)105-83-86(81-101-88(93)75-71-67-63-59-55-51-47-36-32-28-24-20-16-12-8-4)107-90(95)77-73-69-65-61-57-53-49-44-39-35-31-27-23-19-15-11-7-3/h10,14,21-23,25-27,33-35,37-39,42-43,45-46,49,52-54,56,58,61,64-65,68,85-87,92H,5-9,11-13,15-20,24,28-32,36,40-41,44,47-48,50-51,55,57,59-60,62-63,66-67,69-84H2,1-4H3,(H,97,98)(H,99,100)/b14-10-,25-21-,26-22-,27-23-,37-33-,38-34-,39-35-,45-42-,46-43-,53-49-,56-52-,58-54-,65-61-,68-64-/t85-,86+,87+/m0/s1. The average Bonchev–Trinajstić information content (AvgIpc) is 0.899. The SMILES string of the molecule is CC/C=C\C/C=C\C/C=C\C/C=C\C/C=C\CCCCCC(=O)O[C@H](COC(=O)CC/C=C\C/C=C\C/C=C\C/C=C\C/C=C\CCCCC)COP(=O)(O)OC[C@@H](O)COP(=O)(O)OC[C@@H](COC(=O)CCCCCCCCCCCCCCCCC)OC(=O)CCC/C=C\C/C=C\C/C=C\C/C=C\CCCCC. The van der Waals surface area contributed by atoms with Crippen LogP contribution in [0.1, 0.15) is 323 Å². The van der Waals surface area contributed by atoms with Crippen LogP contribution in [0.4, 0.5) is 0 Å². The van der Waals surface area contributed by atoms with E-state index in [2.05, 4.69) is 167 Å². The molecule has 0 saturated heterocycles. The van der Waals surface area contributed by atoms with Gasteiger partial charge < -0.3 is 33.8 Å². The monoisotopic (exact) mass is 1580 g/mol. The van der Waals surface area contributed by atoms with Gasteiger partial charge in [-0.25, -0.2) is 9.13 Å². The Morgan fingerprint density at radius 3 is 0.836 bits per heavy atom. The van der Waals surface area contributed by atoms with Crippen LogP contribution < -0.4 is 0 Å². The van der Waals surface area contributed by atoms with Crippen molar-refractivity contribution in [1.29, 1.82) is 0 Å². The molecule has 0 spiro atoms. The fourth-order valence-electron chi connectivity index (χ4n) is 10.8. The van der Waals surface area contributed by atoms with Crippen molar-refractivity contribution in [2.24, 2.45) is 0 Å². The maximum absolute atomic E-state index is 13.1. The van der Waals surface area contributed by atoms with Crippen LogP contribution in [0, 0.1) is 0 Å². The van der Waals surface area contributed by atoms with Crippen LogP contribution in [-0.4, -0.2) is 96.7 Å². The van der Waals surface area contributed by atoms with E-state index in [-0.39, 0.29) is 25.7 Å². The van der Waals surface area contributed by atoms with E-state index < -0.39 is 97.5 Å². The molecule has 5 atom stereocenters. The molecule has 0 rings (SSSR count). The number of hydrogen-bond donors (Lipinski definition) is 3. The number of rotatable bonds is 78. The minimum atomic E-state index is -5.02. The third-order valence-electron chi connectivity index (χ3n) is 17.2. The van der Waals surface area contributed by atoms with Crippen molar-refractivity contribution in [3.63, 3.8) is 0 Å². The maximum Gasteiger partial charge on any atom is 0.472 e. The number of allylic oxidation sites excluding steroid dienone is 28. The zero-order valence-corrected chi connectivity index (χ0v) is 70.4. The van der Waals surface area contributed by atoms with Crippen LogP contribution in [0.5, 0.6) is 0 Å². The molecule has 0 fully saturated rings. The Balaban J connectivity index is 5.54. The molecule has 0 heterocycles. The summed E-state index contributed by atoms with van der Waals surface area (Å²) >= 11 is 0. The summed E-state index contributed by atoms with van der Waals surface area (Å²) in [5.74, 6) is -2.38. The van der Waals surface area contributed by atoms with E-state index in [1.807, 2.05) is 30.4 Å². The van der Waals surface area contributed by atoms with Crippen molar-refractivity contribution in [2.75, 3.05) is 39.6 Å². The first-order valence-corrected chi connectivity index (χ1v) is 45.4. The van der Waals surface area contributed by atoms with Gasteiger partial charge in [0, 0.05) is 25.7 Å². The highest BCUT2D eigenvalue weighted by atomic mass is 31.2. The zero-order chi connectivity index (χ0) is 80.3. The number of hydrogen-bond acceptors (Lipinski definition) is 15. The van der Waals surface area contributed by atoms with Gasteiger partial charge in [-0.3, -0.25) is 37.3 Å². The second-order valence-electron chi connectivity index (χ2n) is 27.7. The fraction of sp³-hybridized carbons (Fsp3) is 0.648. The van der Waals surface area contributed by atoms with Crippen LogP contribution >= 0.6 is 15.6 Å². The molecule has 0 amide bonds. The van der Waals surface area contributed by atoms with Crippen molar-refractivity contribution in [2.45, 2.75) is 341 Å². The van der Waals surface area contributed by atoms with E-state index in [0.29, 0.717) is 38.5 Å². The molecule has 0 aromatic carbocycles. The lowest BCUT2D eigenvalue weighted by atomic mass is 10.0. The third kappa shape index (κ3) is 80.5. The van der Waals surface area contributed by atoms with Gasteiger partial charge in [-0.1, -0.05) is 320 Å². The summed E-state index contributed by atoms with van der Waals surface area (Å²) in [7, 11) is -10.0. The van der Waals surface area contributed by atoms with Crippen molar-refractivity contribution in [1.82, 2.24) is 0 Å². The summed E-state index contributed by atoms with van der Waals surface area (Å²) in [6, 6.07) is 0. The van der Waals surface area contributed by atoms with E-state index in [1.54, 1.807) is 0 Å². The highest BCUT2D eigenvalue weighted by molar-refractivity contribution is 7.47. The van der Waals surface area contributed by atoms with Crippen LogP contribution in [0.3, 0.4) is 0 Å². The van der Waals surface area contributed by atoms with Gasteiger partial charge in [0.15, 0.2) is 12.2 Å². The first kappa shape index (κ1) is 104. The van der Waals surface area contributed by atoms with E-state index in [4.69, 9.17) is 37.0 Å². The van der Waals surface area contributed by atoms with E-state index in [0.717, 1.165) is 128 Å². The van der Waals surface area contributed by atoms with Gasteiger partial charge in [-0.15, -0.1) is 0 Å². The first-order chi connectivity index (χ1) is 53.7. The number of esters is 4. The molecule has 0 aromatic heterocycles. The Bertz CT molecular complexity index is 2750. The number of ether oxygens (including phenoxy) is 4. The number of aliphatic hydroxyl groups excluding tert-OH is 1. The molecule has 0 aliphatic rings. The fourth-order valence-corrected chi connectivity index (χ4v) is 12.3. The molecule has 19 heteroatoms. The predicted molar refractivity (Wildman–Crippen MR) is 454 cm³/mol. The Morgan fingerprint density at radius 2 is 0.500 bits per heavy atom.